The molecule has 2 aromatic rings. The van der Waals surface area contributed by atoms with Crippen LogP contribution in [-0.2, 0) is 0 Å². The molecule has 2 rings (SSSR count). The number of benzene rings is 1. The zero-order valence-corrected chi connectivity index (χ0v) is 14.1. The van der Waals surface area contributed by atoms with Crippen LogP contribution >= 0.6 is 0 Å². The number of hydrogen-bond acceptors (Lipinski definition) is 5. The Hall–Kier alpha value is -2.61. The lowest BCUT2D eigenvalue weighted by atomic mass is 10.1. The van der Waals surface area contributed by atoms with E-state index in [4.69, 9.17) is 14.7 Å². The van der Waals surface area contributed by atoms with Crippen molar-refractivity contribution in [3.8, 4) is 23.4 Å². The van der Waals surface area contributed by atoms with Crippen LogP contribution in [0.1, 0.15) is 56.6 Å². The molecule has 23 heavy (non-hydrogen) atoms. The molecule has 0 saturated carbocycles. The lowest BCUT2D eigenvalue weighted by molar-refractivity contribution is 0.372. The van der Waals surface area contributed by atoms with Gasteiger partial charge in [0.1, 0.15) is 5.82 Å². The molecule has 1 heterocycles. The fraction of sp³-hybridized carbons (Fsp3) is 0.389. The fourth-order valence-corrected chi connectivity index (χ4v) is 2.00. The van der Waals surface area contributed by atoms with E-state index in [1.54, 1.807) is 25.3 Å². The second kappa shape index (κ2) is 7.10. The molecule has 0 bridgehead atoms. The zero-order valence-electron chi connectivity index (χ0n) is 14.1. The molecule has 0 aliphatic heterocycles. The van der Waals surface area contributed by atoms with Crippen LogP contribution in [0.4, 0.5) is 0 Å². The maximum atomic E-state index is 8.97. The van der Waals surface area contributed by atoms with Gasteiger partial charge >= 0.3 is 0 Å². The summed E-state index contributed by atoms with van der Waals surface area (Å²) in [4.78, 5) is 9.05. The zero-order chi connectivity index (χ0) is 17.0. The Labute approximate surface area is 136 Å². The highest BCUT2D eigenvalue weighted by Crippen LogP contribution is 2.32. The molecule has 0 radical (unpaired) electrons. The van der Waals surface area contributed by atoms with Gasteiger partial charge in [0, 0.05) is 18.1 Å². The van der Waals surface area contributed by atoms with Gasteiger partial charge in [-0.3, -0.25) is 0 Å². The Morgan fingerprint density at radius 1 is 1.00 bits per heavy atom. The third-order valence-corrected chi connectivity index (χ3v) is 3.35. The molecule has 5 heteroatoms. The third-order valence-electron chi connectivity index (χ3n) is 3.35. The molecule has 0 unspecified atom stereocenters. The minimum absolute atomic E-state index is 0.207. The summed E-state index contributed by atoms with van der Waals surface area (Å²) in [6.45, 7) is 8.26. The summed E-state index contributed by atoms with van der Waals surface area (Å²) in [5.41, 5.74) is 1.45. The van der Waals surface area contributed by atoms with E-state index in [1.807, 2.05) is 19.9 Å². The Morgan fingerprint density at radius 3 is 2.30 bits per heavy atom. The Kier molecular flexibility index (Phi) is 5.17. The van der Waals surface area contributed by atoms with E-state index in [2.05, 4.69) is 29.9 Å². The van der Waals surface area contributed by atoms with E-state index in [0.717, 1.165) is 11.5 Å². The molecule has 0 fully saturated rings. The van der Waals surface area contributed by atoms with Crippen LogP contribution in [0, 0.1) is 11.3 Å². The first-order chi connectivity index (χ1) is 10.9. The van der Waals surface area contributed by atoms with Gasteiger partial charge in [-0.05, 0) is 18.1 Å². The molecule has 0 amide bonds. The third kappa shape index (κ3) is 3.98. The van der Waals surface area contributed by atoms with Crippen LogP contribution in [0.15, 0.2) is 24.3 Å². The Bertz CT molecular complexity index is 707. The first-order valence-electron chi connectivity index (χ1n) is 7.59. The van der Waals surface area contributed by atoms with E-state index < -0.39 is 0 Å². The summed E-state index contributed by atoms with van der Waals surface area (Å²) in [7, 11) is 1.54. The summed E-state index contributed by atoms with van der Waals surface area (Å²) >= 11 is 0. The lowest BCUT2D eigenvalue weighted by Gasteiger charge is -2.14. The van der Waals surface area contributed by atoms with Gasteiger partial charge < -0.3 is 9.47 Å². The normalized spacial score (nSPS) is 10.7. The number of methoxy groups -OCH3 is 1. The van der Waals surface area contributed by atoms with Gasteiger partial charge in [0.25, 0.3) is 0 Å². The molecular weight excluding hydrogens is 290 g/mol. The van der Waals surface area contributed by atoms with Crippen LogP contribution in [0.5, 0.6) is 17.4 Å². The molecule has 0 atom stereocenters. The molecule has 1 aromatic carbocycles. The second-order valence-corrected chi connectivity index (χ2v) is 5.88. The average molecular weight is 311 g/mol. The minimum Gasteiger partial charge on any atom is -0.493 e. The smallest absolute Gasteiger partial charge is 0.223 e. The van der Waals surface area contributed by atoms with Crippen molar-refractivity contribution >= 4 is 0 Å². The van der Waals surface area contributed by atoms with E-state index in [1.165, 1.54) is 0 Å². The number of rotatable bonds is 5. The molecule has 5 nitrogen and oxygen atoms in total. The standard InChI is InChI=1S/C18H21N3O2/c1-11(2)14-9-17(21-18(20-14)12(3)4)23-15-7-6-13(10-19)8-16(15)22-5/h6-9,11-12H,1-5H3. The van der Waals surface area contributed by atoms with Gasteiger partial charge in [-0.25, -0.2) is 4.98 Å². The number of ether oxygens (including phenoxy) is 2. The molecule has 0 spiro atoms. The molecule has 0 aliphatic rings. The molecule has 120 valence electrons. The van der Waals surface area contributed by atoms with Gasteiger partial charge in [0.15, 0.2) is 11.5 Å². The Balaban J connectivity index is 2.42. The highest BCUT2D eigenvalue weighted by atomic mass is 16.5. The predicted molar refractivity (Wildman–Crippen MR) is 88.0 cm³/mol. The number of nitrogens with zero attached hydrogens (tertiary/aromatic N) is 3. The van der Waals surface area contributed by atoms with Crippen molar-refractivity contribution in [2.75, 3.05) is 7.11 Å². The van der Waals surface area contributed by atoms with Gasteiger partial charge in [-0.1, -0.05) is 27.7 Å². The first-order valence-corrected chi connectivity index (χ1v) is 7.59. The summed E-state index contributed by atoms with van der Waals surface area (Å²) in [6, 6.07) is 8.96. The highest BCUT2D eigenvalue weighted by Gasteiger charge is 2.14. The SMILES string of the molecule is COc1cc(C#N)ccc1Oc1cc(C(C)C)nc(C(C)C)n1. The van der Waals surface area contributed by atoms with Crippen molar-refractivity contribution in [3.05, 3.63) is 41.3 Å². The quantitative estimate of drug-likeness (QED) is 0.818. The second-order valence-electron chi connectivity index (χ2n) is 5.88. The van der Waals surface area contributed by atoms with Crippen LogP contribution in [0.2, 0.25) is 0 Å². The van der Waals surface area contributed by atoms with Crippen molar-refractivity contribution in [1.82, 2.24) is 9.97 Å². The molecule has 0 N–H and O–H groups in total. The first kappa shape index (κ1) is 16.8. The molecular formula is C18H21N3O2. The van der Waals surface area contributed by atoms with Crippen LogP contribution in [-0.4, -0.2) is 17.1 Å². The average Bonchev–Trinajstić information content (AvgIpc) is 2.54. The van der Waals surface area contributed by atoms with Gasteiger partial charge in [0.2, 0.25) is 5.88 Å². The summed E-state index contributed by atoms with van der Waals surface area (Å²) < 4.78 is 11.2. The Morgan fingerprint density at radius 2 is 1.74 bits per heavy atom. The highest BCUT2D eigenvalue weighted by molar-refractivity contribution is 5.48. The summed E-state index contributed by atoms with van der Waals surface area (Å²) in [6.07, 6.45) is 0. The molecule has 1 aromatic heterocycles. The largest absolute Gasteiger partial charge is 0.493 e. The van der Waals surface area contributed by atoms with Crippen LogP contribution < -0.4 is 9.47 Å². The van der Waals surface area contributed by atoms with Gasteiger partial charge in [-0.15, -0.1) is 0 Å². The topological polar surface area (TPSA) is 68.0 Å². The van der Waals surface area contributed by atoms with Crippen molar-refractivity contribution in [1.29, 1.82) is 5.26 Å². The van der Waals surface area contributed by atoms with Crippen LogP contribution in [0.25, 0.3) is 0 Å². The van der Waals surface area contributed by atoms with Crippen molar-refractivity contribution in [3.63, 3.8) is 0 Å². The van der Waals surface area contributed by atoms with Crippen molar-refractivity contribution < 1.29 is 9.47 Å². The number of aromatic nitrogens is 2. The minimum atomic E-state index is 0.207. The molecule has 0 saturated heterocycles. The van der Waals surface area contributed by atoms with Crippen LogP contribution in [0.3, 0.4) is 0 Å². The van der Waals surface area contributed by atoms with Crippen molar-refractivity contribution in [2.45, 2.75) is 39.5 Å². The maximum absolute atomic E-state index is 8.97. The lowest BCUT2D eigenvalue weighted by Crippen LogP contribution is -2.04. The molecule has 0 aliphatic carbocycles. The van der Waals surface area contributed by atoms with E-state index >= 15 is 0 Å². The van der Waals surface area contributed by atoms with E-state index in [-0.39, 0.29) is 11.8 Å². The fourth-order valence-electron chi connectivity index (χ4n) is 2.00. The maximum Gasteiger partial charge on any atom is 0.223 e. The summed E-state index contributed by atoms with van der Waals surface area (Å²) in [5, 5.41) is 8.97. The number of hydrogen-bond donors (Lipinski definition) is 0. The van der Waals surface area contributed by atoms with E-state index in [0.29, 0.717) is 22.9 Å². The van der Waals surface area contributed by atoms with Gasteiger partial charge in [0.05, 0.1) is 24.4 Å². The number of nitriles is 1. The predicted octanol–water partition coefficient (Wildman–Crippen LogP) is 4.40. The summed E-state index contributed by atoms with van der Waals surface area (Å²) in [5.74, 6) is 2.74. The monoisotopic (exact) mass is 311 g/mol. The van der Waals surface area contributed by atoms with E-state index in [9.17, 15) is 0 Å². The van der Waals surface area contributed by atoms with Crippen molar-refractivity contribution in [2.24, 2.45) is 0 Å². The van der Waals surface area contributed by atoms with Gasteiger partial charge in [-0.2, -0.15) is 10.2 Å².